The van der Waals surface area contributed by atoms with Crippen LogP contribution in [0.1, 0.15) is 24.1 Å². The summed E-state index contributed by atoms with van der Waals surface area (Å²) in [6, 6.07) is 5.11. The number of carbonyl (C=O) groups excluding carboxylic acids is 3. The molecule has 35 heavy (non-hydrogen) atoms. The summed E-state index contributed by atoms with van der Waals surface area (Å²) in [7, 11) is 0. The number of carboxylic acid groups (broad SMARTS) is 1. The standard InChI is InChI=1S/C23H30N6O5S/c24-16(10-15-11-25-13-26-15)20(30)28-18(12-35)22(32)29-8-4-7-19(29)21(31)27-17(23(33)34)9-14-5-2-1-3-6-14/h1-3,5-6,11,13,16-19,35H,4,7-10,12,24H2,(H,25,26)(H,27,31)(H,28,30)(H,33,34). The van der Waals surface area contributed by atoms with Crippen LogP contribution in [0.15, 0.2) is 42.9 Å². The number of aliphatic carboxylic acids is 1. The van der Waals surface area contributed by atoms with Gasteiger partial charge in [-0.3, -0.25) is 14.4 Å². The Labute approximate surface area is 208 Å². The van der Waals surface area contributed by atoms with E-state index >= 15 is 0 Å². The quantitative estimate of drug-likeness (QED) is 0.225. The highest BCUT2D eigenvalue weighted by molar-refractivity contribution is 7.80. The number of rotatable bonds is 11. The van der Waals surface area contributed by atoms with Crippen molar-refractivity contribution in [2.75, 3.05) is 12.3 Å². The fraction of sp³-hybridized carbons (Fsp3) is 0.435. The number of hydrogen-bond donors (Lipinski definition) is 6. The van der Waals surface area contributed by atoms with Crippen molar-refractivity contribution in [2.24, 2.45) is 5.73 Å². The van der Waals surface area contributed by atoms with Crippen molar-refractivity contribution in [2.45, 2.75) is 49.9 Å². The fourth-order valence-corrected chi connectivity index (χ4v) is 4.26. The van der Waals surface area contributed by atoms with E-state index in [0.717, 1.165) is 5.56 Å². The number of nitrogens with two attached hydrogens (primary N) is 1. The third kappa shape index (κ3) is 7.06. The molecule has 1 aliphatic rings. The molecule has 1 fully saturated rings. The first-order valence-electron chi connectivity index (χ1n) is 11.3. The molecule has 0 radical (unpaired) electrons. The lowest BCUT2D eigenvalue weighted by atomic mass is 10.1. The van der Waals surface area contributed by atoms with Crippen molar-refractivity contribution in [1.82, 2.24) is 25.5 Å². The topological polar surface area (TPSA) is 171 Å². The van der Waals surface area contributed by atoms with Crippen molar-refractivity contribution in [3.8, 4) is 0 Å². The van der Waals surface area contributed by atoms with Crippen LogP contribution in [0.4, 0.5) is 0 Å². The molecule has 188 valence electrons. The minimum absolute atomic E-state index is 0.0119. The second-order valence-corrected chi connectivity index (χ2v) is 8.78. The second kappa shape index (κ2) is 12.4. The van der Waals surface area contributed by atoms with Crippen LogP contribution < -0.4 is 16.4 Å². The Balaban J connectivity index is 1.61. The predicted molar refractivity (Wildman–Crippen MR) is 130 cm³/mol. The van der Waals surface area contributed by atoms with Crippen LogP contribution in [-0.2, 0) is 32.0 Å². The molecule has 1 aromatic carbocycles. The molecular weight excluding hydrogens is 472 g/mol. The molecule has 4 atom stereocenters. The molecule has 2 aromatic rings. The molecule has 12 heteroatoms. The van der Waals surface area contributed by atoms with Crippen molar-refractivity contribution in [3.05, 3.63) is 54.1 Å². The van der Waals surface area contributed by atoms with E-state index in [-0.39, 0.29) is 18.6 Å². The highest BCUT2D eigenvalue weighted by Gasteiger charge is 2.38. The van der Waals surface area contributed by atoms with E-state index in [0.29, 0.717) is 25.1 Å². The molecule has 1 saturated heterocycles. The zero-order chi connectivity index (χ0) is 25.4. The van der Waals surface area contributed by atoms with Gasteiger partial charge in [-0.2, -0.15) is 12.6 Å². The van der Waals surface area contributed by atoms with Gasteiger partial charge in [-0.1, -0.05) is 30.3 Å². The molecule has 0 saturated carbocycles. The van der Waals surface area contributed by atoms with Gasteiger partial charge in [-0.05, 0) is 18.4 Å². The van der Waals surface area contributed by atoms with E-state index in [9.17, 15) is 24.3 Å². The van der Waals surface area contributed by atoms with Gasteiger partial charge in [0.2, 0.25) is 17.7 Å². The Hall–Kier alpha value is -3.38. The van der Waals surface area contributed by atoms with E-state index < -0.39 is 47.9 Å². The summed E-state index contributed by atoms with van der Waals surface area (Å²) in [6.07, 6.45) is 4.34. The monoisotopic (exact) mass is 502 g/mol. The molecule has 2 heterocycles. The smallest absolute Gasteiger partial charge is 0.326 e. The first-order chi connectivity index (χ1) is 16.8. The van der Waals surface area contributed by atoms with Crippen molar-refractivity contribution in [3.63, 3.8) is 0 Å². The van der Waals surface area contributed by atoms with Gasteiger partial charge in [-0.25, -0.2) is 9.78 Å². The Morgan fingerprint density at radius 3 is 2.54 bits per heavy atom. The Bertz CT molecular complexity index is 1020. The summed E-state index contributed by atoms with van der Waals surface area (Å²) in [6.45, 7) is 0.313. The lowest BCUT2D eigenvalue weighted by Crippen LogP contribution is -2.57. The Kier molecular flexibility index (Phi) is 9.26. The average molecular weight is 503 g/mol. The number of imidazole rings is 1. The normalized spacial score (nSPS) is 17.9. The number of thiol groups is 1. The number of likely N-dealkylation sites (tertiary alicyclic amines) is 1. The maximum absolute atomic E-state index is 13.2. The Morgan fingerprint density at radius 2 is 1.91 bits per heavy atom. The van der Waals surface area contributed by atoms with Gasteiger partial charge in [-0.15, -0.1) is 0 Å². The number of carboxylic acids is 1. The number of hydrogen-bond acceptors (Lipinski definition) is 7. The number of nitrogens with one attached hydrogen (secondary N) is 3. The van der Waals surface area contributed by atoms with Crippen LogP contribution in [0, 0.1) is 0 Å². The minimum Gasteiger partial charge on any atom is -0.480 e. The molecular formula is C23H30N6O5S. The number of H-pyrrole nitrogens is 1. The van der Waals surface area contributed by atoms with Crippen LogP contribution in [0.25, 0.3) is 0 Å². The molecule has 0 bridgehead atoms. The molecule has 3 amide bonds. The highest BCUT2D eigenvalue weighted by atomic mass is 32.1. The first-order valence-corrected chi connectivity index (χ1v) is 11.9. The SMILES string of the molecule is NC(Cc1cnc[nH]1)C(=O)NC(CS)C(=O)N1CCCC1C(=O)NC(Cc1ccccc1)C(=O)O. The largest absolute Gasteiger partial charge is 0.480 e. The minimum atomic E-state index is -1.16. The lowest BCUT2D eigenvalue weighted by molar-refractivity contribution is -0.144. The van der Waals surface area contributed by atoms with Crippen molar-refractivity contribution < 1.29 is 24.3 Å². The number of carbonyl (C=O) groups is 4. The van der Waals surface area contributed by atoms with Gasteiger partial charge in [0.25, 0.3) is 0 Å². The van der Waals surface area contributed by atoms with Gasteiger partial charge in [0.1, 0.15) is 18.1 Å². The molecule has 1 aliphatic heterocycles. The van der Waals surface area contributed by atoms with Gasteiger partial charge in [0.05, 0.1) is 12.4 Å². The van der Waals surface area contributed by atoms with E-state index in [2.05, 4.69) is 33.2 Å². The molecule has 0 spiro atoms. The third-order valence-corrected chi connectivity index (χ3v) is 6.23. The summed E-state index contributed by atoms with van der Waals surface area (Å²) >= 11 is 4.20. The van der Waals surface area contributed by atoms with Gasteiger partial charge < -0.3 is 31.4 Å². The van der Waals surface area contributed by atoms with E-state index in [1.807, 2.05) is 6.07 Å². The number of aromatic amines is 1. The molecule has 11 nitrogen and oxygen atoms in total. The lowest BCUT2D eigenvalue weighted by Gasteiger charge is -2.29. The van der Waals surface area contributed by atoms with Crippen LogP contribution in [0.2, 0.25) is 0 Å². The van der Waals surface area contributed by atoms with Crippen molar-refractivity contribution in [1.29, 1.82) is 0 Å². The summed E-state index contributed by atoms with van der Waals surface area (Å²) in [5.74, 6) is -2.68. The average Bonchev–Trinajstić information content (AvgIpc) is 3.54. The van der Waals surface area contributed by atoms with E-state index in [1.54, 1.807) is 30.5 Å². The summed E-state index contributed by atoms with van der Waals surface area (Å²) in [5.41, 5.74) is 7.41. The van der Waals surface area contributed by atoms with Gasteiger partial charge in [0.15, 0.2) is 0 Å². The maximum Gasteiger partial charge on any atom is 0.326 e. The predicted octanol–water partition coefficient (Wildman–Crippen LogP) is -0.503. The molecule has 3 rings (SSSR count). The third-order valence-electron chi connectivity index (χ3n) is 5.86. The Morgan fingerprint density at radius 1 is 1.17 bits per heavy atom. The van der Waals surface area contributed by atoms with Crippen LogP contribution in [-0.4, -0.2) is 80.1 Å². The summed E-state index contributed by atoms with van der Waals surface area (Å²) in [4.78, 5) is 58.6. The van der Waals surface area contributed by atoms with Crippen molar-refractivity contribution >= 4 is 36.3 Å². The van der Waals surface area contributed by atoms with E-state index in [1.165, 1.54) is 11.2 Å². The number of nitrogens with zero attached hydrogens (tertiary/aromatic N) is 2. The molecule has 6 N–H and O–H groups in total. The van der Waals surface area contributed by atoms with Gasteiger partial charge >= 0.3 is 5.97 Å². The number of aromatic nitrogens is 2. The zero-order valence-corrected chi connectivity index (χ0v) is 20.0. The van der Waals surface area contributed by atoms with E-state index in [4.69, 9.17) is 5.73 Å². The highest BCUT2D eigenvalue weighted by Crippen LogP contribution is 2.19. The molecule has 0 aliphatic carbocycles. The molecule has 4 unspecified atom stereocenters. The van der Waals surface area contributed by atoms with Crippen LogP contribution >= 0.6 is 12.6 Å². The first kappa shape index (κ1) is 26.2. The van der Waals surface area contributed by atoms with Crippen LogP contribution in [0.3, 0.4) is 0 Å². The molecule has 1 aromatic heterocycles. The van der Waals surface area contributed by atoms with Gasteiger partial charge in [0, 0.05) is 37.0 Å². The second-order valence-electron chi connectivity index (χ2n) is 8.41. The fourth-order valence-electron chi connectivity index (χ4n) is 4.01. The summed E-state index contributed by atoms with van der Waals surface area (Å²) < 4.78 is 0. The zero-order valence-electron chi connectivity index (χ0n) is 19.1. The number of amides is 3. The van der Waals surface area contributed by atoms with Crippen LogP contribution in [0.5, 0.6) is 0 Å². The number of benzene rings is 1. The summed E-state index contributed by atoms with van der Waals surface area (Å²) in [5, 5.41) is 14.8. The maximum atomic E-state index is 13.2.